The number of hydrogen-bond donors (Lipinski definition) is 2. The van der Waals surface area contributed by atoms with E-state index in [1.54, 1.807) is 25.1 Å². The molecule has 2 N–H and O–H groups in total. The zero-order valence-corrected chi connectivity index (χ0v) is 15.7. The van der Waals surface area contributed by atoms with Gasteiger partial charge in [0.25, 0.3) is 5.91 Å². The standard InChI is InChI=1S/C18H18BrClN2O2/c1-3-17(23)22-14-7-4-12(5-8-14)11(2)21-18(24)15-10-13(19)6-9-16(15)20/h4-11H,3H2,1-2H3,(H,21,24)(H,22,23). The SMILES string of the molecule is CCC(=O)Nc1ccc(C(C)NC(=O)c2cc(Br)ccc2Cl)cc1. The fourth-order valence-corrected chi connectivity index (χ4v) is 2.70. The van der Waals surface area contributed by atoms with Crippen LogP contribution in [0.2, 0.25) is 5.02 Å². The molecule has 4 nitrogen and oxygen atoms in total. The van der Waals surface area contributed by atoms with Gasteiger partial charge >= 0.3 is 0 Å². The lowest BCUT2D eigenvalue weighted by atomic mass is 10.1. The van der Waals surface area contributed by atoms with Gasteiger partial charge in [-0.15, -0.1) is 0 Å². The quantitative estimate of drug-likeness (QED) is 0.734. The second-order valence-corrected chi connectivity index (χ2v) is 6.67. The summed E-state index contributed by atoms with van der Waals surface area (Å²) in [5, 5.41) is 6.11. The summed E-state index contributed by atoms with van der Waals surface area (Å²) in [5.41, 5.74) is 2.09. The van der Waals surface area contributed by atoms with E-state index in [-0.39, 0.29) is 17.9 Å². The Balaban J connectivity index is 2.06. The van der Waals surface area contributed by atoms with Crippen LogP contribution in [-0.2, 0) is 4.79 Å². The molecule has 0 aliphatic heterocycles. The van der Waals surface area contributed by atoms with Crippen molar-refractivity contribution in [2.75, 3.05) is 5.32 Å². The normalized spacial score (nSPS) is 11.7. The van der Waals surface area contributed by atoms with Gasteiger partial charge in [-0.1, -0.05) is 46.6 Å². The summed E-state index contributed by atoms with van der Waals surface area (Å²) >= 11 is 9.42. The van der Waals surface area contributed by atoms with Gasteiger partial charge < -0.3 is 10.6 Å². The Kier molecular flexibility index (Phi) is 6.40. The fourth-order valence-electron chi connectivity index (χ4n) is 2.13. The molecule has 2 rings (SSSR count). The second-order valence-electron chi connectivity index (χ2n) is 5.34. The molecule has 2 aromatic carbocycles. The van der Waals surface area contributed by atoms with Gasteiger partial charge in [-0.25, -0.2) is 0 Å². The fraction of sp³-hybridized carbons (Fsp3) is 0.222. The number of carbonyl (C=O) groups excluding carboxylic acids is 2. The zero-order valence-electron chi connectivity index (χ0n) is 13.4. The summed E-state index contributed by atoms with van der Waals surface area (Å²) in [6.07, 6.45) is 0.432. The summed E-state index contributed by atoms with van der Waals surface area (Å²) in [7, 11) is 0. The van der Waals surface area contributed by atoms with Crippen LogP contribution in [0.4, 0.5) is 5.69 Å². The molecular formula is C18H18BrClN2O2. The molecule has 24 heavy (non-hydrogen) atoms. The zero-order chi connectivity index (χ0) is 17.7. The van der Waals surface area contributed by atoms with E-state index in [0.29, 0.717) is 17.0 Å². The Labute approximate surface area is 154 Å². The lowest BCUT2D eigenvalue weighted by molar-refractivity contribution is -0.115. The molecule has 0 heterocycles. The Morgan fingerprint density at radius 3 is 2.46 bits per heavy atom. The molecule has 0 saturated carbocycles. The molecule has 0 bridgehead atoms. The van der Waals surface area contributed by atoms with Gasteiger partial charge in [0, 0.05) is 16.6 Å². The molecule has 0 radical (unpaired) electrons. The van der Waals surface area contributed by atoms with Crippen molar-refractivity contribution in [3.8, 4) is 0 Å². The first-order chi connectivity index (χ1) is 11.4. The maximum Gasteiger partial charge on any atom is 0.253 e. The van der Waals surface area contributed by atoms with Crippen LogP contribution >= 0.6 is 27.5 Å². The Hall–Kier alpha value is -1.85. The van der Waals surface area contributed by atoms with Gasteiger partial charge in [0.15, 0.2) is 0 Å². The lowest BCUT2D eigenvalue weighted by Crippen LogP contribution is -2.26. The second kappa shape index (κ2) is 8.31. The number of benzene rings is 2. The Bertz CT molecular complexity index is 747. The van der Waals surface area contributed by atoms with Gasteiger partial charge in [0.05, 0.1) is 16.6 Å². The summed E-state index contributed by atoms with van der Waals surface area (Å²) in [6, 6.07) is 12.3. The minimum atomic E-state index is -0.239. The molecule has 2 amide bonds. The molecule has 0 aliphatic rings. The topological polar surface area (TPSA) is 58.2 Å². The molecule has 1 atom stereocenters. The van der Waals surface area contributed by atoms with Crippen LogP contribution in [-0.4, -0.2) is 11.8 Å². The highest BCUT2D eigenvalue weighted by molar-refractivity contribution is 9.10. The number of nitrogens with one attached hydrogen (secondary N) is 2. The van der Waals surface area contributed by atoms with E-state index in [1.807, 2.05) is 31.2 Å². The van der Waals surface area contributed by atoms with E-state index in [0.717, 1.165) is 15.7 Å². The smallest absolute Gasteiger partial charge is 0.253 e. The van der Waals surface area contributed by atoms with Crippen molar-refractivity contribution in [3.63, 3.8) is 0 Å². The maximum atomic E-state index is 12.4. The number of anilines is 1. The summed E-state index contributed by atoms with van der Waals surface area (Å²) in [4.78, 5) is 23.8. The predicted molar refractivity (Wildman–Crippen MR) is 100 cm³/mol. The van der Waals surface area contributed by atoms with Crippen LogP contribution in [0.5, 0.6) is 0 Å². The molecule has 0 fully saturated rings. The summed E-state index contributed by atoms with van der Waals surface area (Å²) < 4.78 is 0.792. The van der Waals surface area contributed by atoms with Crippen molar-refractivity contribution < 1.29 is 9.59 Å². The van der Waals surface area contributed by atoms with Crippen LogP contribution < -0.4 is 10.6 Å². The van der Waals surface area contributed by atoms with Crippen molar-refractivity contribution >= 4 is 45.0 Å². The van der Waals surface area contributed by atoms with Gasteiger partial charge in [0.2, 0.25) is 5.91 Å². The summed E-state index contributed by atoms with van der Waals surface area (Å²) in [5.74, 6) is -0.273. The van der Waals surface area contributed by atoms with E-state index >= 15 is 0 Å². The number of rotatable bonds is 5. The highest BCUT2D eigenvalue weighted by Crippen LogP contribution is 2.22. The Morgan fingerprint density at radius 1 is 1.17 bits per heavy atom. The molecular weight excluding hydrogens is 392 g/mol. The first-order valence-corrected chi connectivity index (χ1v) is 8.73. The highest BCUT2D eigenvalue weighted by Gasteiger charge is 2.14. The minimum Gasteiger partial charge on any atom is -0.345 e. The first-order valence-electron chi connectivity index (χ1n) is 7.56. The molecule has 2 aromatic rings. The number of carbonyl (C=O) groups is 2. The third-order valence-electron chi connectivity index (χ3n) is 3.54. The van der Waals surface area contributed by atoms with Gasteiger partial charge in [-0.05, 0) is 42.8 Å². The molecule has 6 heteroatoms. The van der Waals surface area contributed by atoms with E-state index in [9.17, 15) is 9.59 Å². The van der Waals surface area contributed by atoms with E-state index in [2.05, 4.69) is 26.6 Å². The average molecular weight is 410 g/mol. The van der Waals surface area contributed by atoms with E-state index in [4.69, 9.17) is 11.6 Å². The van der Waals surface area contributed by atoms with Crippen LogP contribution in [0.15, 0.2) is 46.9 Å². The predicted octanol–water partition coefficient (Wildman–Crippen LogP) is 4.94. The van der Waals surface area contributed by atoms with Crippen LogP contribution in [0.1, 0.15) is 42.2 Å². The maximum absolute atomic E-state index is 12.4. The molecule has 1 unspecified atom stereocenters. The molecule has 0 aromatic heterocycles. The lowest BCUT2D eigenvalue weighted by Gasteiger charge is -2.16. The number of amides is 2. The Morgan fingerprint density at radius 2 is 1.83 bits per heavy atom. The number of halogens is 2. The first kappa shape index (κ1) is 18.5. The monoisotopic (exact) mass is 408 g/mol. The molecule has 0 saturated heterocycles. The van der Waals surface area contributed by atoms with Crippen molar-refractivity contribution in [1.82, 2.24) is 5.32 Å². The third-order valence-corrected chi connectivity index (χ3v) is 4.36. The van der Waals surface area contributed by atoms with Crippen molar-refractivity contribution in [3.05, 3.63) is 63.1 Å². The summed E-state index contributed by atoms with van der Waals surface area (Å²) in [6.45, 7) is 3.69. The largest absolute Gasteiger partial charge is 0.345 e. The van der Waals surface area contributed by atoms with Crippen molar-refractivity contribution in [2.45, 2.75) is 26.3 Å². The third kappa shape index (κ3) is 4.82. The van der Waals surface area contributed by atoms with Gasteiger partial charge in [-0.3, -0.25) is 9.59 Å². The molecule has 126 valence electrons. The van der Waals surface area contributed by atoms with Gasteiger partial charge in [0.1, 0.15) is 0 Å². The highest BCUT2D eigenvalue weighted by atomic mass is 79.9. The van der Waals surface area contributed by atoms with Crippen LogP contribution in [0, 0.1) is 0 Å². The molecule has 0 aliphatic carbocycles. The number of hydrogen-bond acceptors (Lipinski definition) is 2. The van der Waals surface area contributed by atoms with Crippen LogP contribution in [0.25, 0.3) is 0 Å². The van der Waals surface area contributed by atoms with Crippen LogP contribution in [0.3, 0.4) is 0 Å². The van der Waals surface area contributed by atoms with Gasteiger partial charge in [-0.2, -0.15) is 0 Å². The average Bonchev–Trinajstić information content (AvgIpc) is 2.57. The minimum absolute atomic E-state index is 0.0339. The molecule has 0 spiro atoms. The van der Waals surface area contributed by atoms with E-state index in [1.165, 1.54) is 0 Å². The van der Waals surface area contributed by atoms with Crippen molar-refractivity contribution in [1.29, 1.82) is 0 Å². The van der Waals surface area contributed by atoms with Crippen molar-refractivity contribution in [2.24, 2.45) is 0 Å². The van der Waals surface area contributed by atoms with E-state index < -0.39 is 0 Å².